The van der Waals surface area contributed by atoms with E-state index in [0.29, 0.717) is 41.3 Å². The van der Waals surface area contributed by atoms with Crippen LogP contribution in [0.1, 0.15) is 28.0 Å². The smallest absolute Gasteiger partial charge is 0.408 e. The minimum absolute atomic E-state index is 0.183. The number of methoxy groups -OCH3 is 1. The number of hydrogen-bond acceptors (Lipinski definition) is 6. The highest BCUT2D eigenvalue weighted by molar-refractivity contribution is 6.12. The van der Waals surface area contributed by atoms with E-state index in [0.717, 1.165) is 10.2 Å². The maximum atomic E-state index is 13.6. The second-order valence-electron chi connectivity index (χ2n) is 8.15. The molecule has 0 aliphatic carbocycles. The van der Waals surface area contributed by atoms with Crippen molar-refractivity contribution in [1.29, 1.82) is 0 Å². The van der Waals surface area contributed by atoms with E-state index in [1.165, 1.54) is 17.3 Å². The van der Waals surface area contributed by atoms with Gasteiger partial charge in [0.15, 0.2) is 0 Å². The maximum Gasteiger partial charge on any atom is 0.408 e. The van der Waals surface area contributed by atoms with Crippen molar-refractivity contribution in [1.82, 2.24) is 19.7 Å². The summed E-state index contributed by atoms with van der Waals surface area (Å²) in [5, 5.41) is 3.82. The Morgan fingerprint density at radius 2 is 2.06 bits per heavy atom. The Labute approximate surface area is 187 Å². The van der Waals surface area contributed by atoms with Crippen LogP contribution >= 0.6 is 0 Å². The number of nitrogens with zero attached hydrogens (tertiary/aromatic N) is 5. The van der Waals surface area contributed by atoms with Gasteiger partial charge in [-0.15, -0.1) is 0 Å². The summed E-state index contributed by atoms with van der Waals surface area (Å²) in [6.45, 7) is 1.15. The van der Waals surface area contributed by atoms with E-state index in [4.69, 9.17) is 14.5 Å². The fourth-order valence-electron chi connectivity index (χ4n) is 4.53. The minimum Gasteiger partial charge on any atom is -0.495 e. The van der Waals surface area contributed by atoms with Gasteiger partial charge < -0.3 is 9.47 Å². The van der Waals surface area contributed by atoms with Crippen molar-refractivity contribution in [2.24, 2.45) is 0 Å². The van der Waals surface area contributed by atoms with Crippen LogP contribution in [0.15, 0.2) is 36.9 Å². The molecule has 0 N–H and O–H groups in total. The first-order valence-corrected chi connectivity index (χ1v) is 10.2. The van der Waals surface area contributed by atoms with Gasteiger partial charge in [0.25, 0.3) is 5.91 Å². The molecule has 0 aromatic carbocycles. The fraction of sp³-hybridized carbons (Fsp3) is 0.364. The Morgan fingerprint density at radius 1 is 1.24 bits per heavy atom. The number of rotatable bonds is 4. The highest BCUT2D eigenvalue weighted by Crippen LogP contribution is 2.48. The number of carbonyl (C=O) groups excluding carboxylic acids is 1. The summed E-state index contributed by atoms with van der Waals surface area (Å²) in [5.74, 6) is 0.239. The van der Waals surface area contributed by atoms with Crippen LogP contribution in [-0.4, -0.2) is 52.2 Å². The Hall–Kier alpha value is -3.47. The van der Waals surface area contributed by atoms with Gasteiger partial charge in [0.05, 0.1) is 48.7 Å². The number of pyridine rings is 2. The van der Waals surface area contributed by atoms with Crippen LogP contribution in [0.3, 0.4) is 0 Å². The molecule has 5 rings (SSSR count). The fourth-order valence-corrected chi connectivity index (χ4v) is 4.53. The van der Waals surface area contributed by atoms with Crippen LogP contribution in [0.5, 0.6) is 5.75 Å². The number of anilines is 1. The average Bonchev–Trinajstić information content (AvgIpc) is 3.47. The molecule has 0 bridgehead atoms. The van der Waals surface area contributed by atoms with E-state index < -0.39 is 18.3 Å². The van der Waals surface area contributed by atoms with Gasteiger partial charge >= 0.3 is 6.18 Å². The van der Waals surface area contributed by atoms with Crippen molar-refractivity contribution >= 4 is 11.6 Å². The lowest BCUT2D eigenvalue weighted by Gasteiger charge is -2.32. The number of halogens is 3. The van der Waals surface area contributed by atoms with Gasteiger partial charge in [0, 0.05) is 31.0 Å². The molecule has 11 heteroatoms. The van der Waals surface area contributed by atoms with Crippen LogP contribution in [0, 0.1) is 6.92 Å². The monoisotopic (exact) mass is 459 g/mol. The predicted octanol–water partition coefficient (Wildman–Crippen LogP) is 3.50. The van der Waals surface area contributed by atoms with E-state index >= 15 is 0 Å². The minimum atomic E-state index is -4.42. The molecular formula is C22H20F3N5O3. The highest BCUT2D eigenvalue weighted by Gasteiger charge is 2.55. The van der Waals surface area contributed by atoms with Crippen LogP contribution in [-0.2, 0) is 16.8 Å². The quantitative estimate of drug-likeness (QED) is 0.594. The molecule has 1 amide bonds. The van der Waals surface area contributed by atoms with Gasteiger partial charge in [0.2, 0.25) is 0 Å². The number of alkyl halides is 3. The number of fused-ring (bicyclic) bond motifs is 2. The zero-order valence-corrected chi connectivity index (χ0v) is 17.9. The molecule has 1 fully saturated rings. The molecule has 1 saturated heterocycles. The van der Waals surface area contributed by atoms with Crippen molar-refractivity contribution in [2.75, 3.05) is 25.2 Å². The van der Waals surface area contributed by atoms with Crippen LogP contribution in [0.4, 0.5) is 18.9 Å². The van der Waals surface area contributed by atoms with Crippen LogP contribution in [0.25, 0.3) is 11.3 Å². The summed E-state index contributed by atoms with van der Waals surface area (Å²) in [7, 11) is 1.54. The van der Waals surface area contributed by atoms with Gasteiger partial charge in [-0.3, -0.25) is 19.4 Å². The summed E-state index contributed by atoms with van der Waals surface area (Å²) in [4.78, 5) is 24.1. The average molecular weight is 459 g/mol. The lowest BCUT2D eigenvalue weighted by Crippen LogP contribution is -2.45. The summed E-state index contributed by atoms with van der Waals surface area (Å²) < 4.78 is 50.2. The predicted molar refractivity (Wildman–Crippen MR) is 111 cm³/mol. The molecule has 0 saturated carbocycles. The van der Waals surface area contributed by atoms with Gasteiger partial charge in [-0.25, -0.2) is 4.98 Å². The third kappa shape index (κ3) is 3.52. The second kappa shape index (κ2) is 7.55. The first-order valence-electron chi connectivity index (χ1n) is 10.2. The van der Waals surface area contributed by atoms with E-state index in [-0.39, 0.29) is 18.2 Å². The summed E-state index contributed by atoms with van der Waals surface area (Å²) >= 11 is 0. The molecule has 2 aliphatic rings. The summed E-state index contributed by atoms with van der Waals surface area (Å²) in [5.41, 5.74) is 2.38. The summed E-state index contributed by atoms with van der Waals surface area (Å²) in [6, 6.07) is 3.60. The number of hydrogen-bond donors (Lipinski definition) is 0. The Morgan fingerprint density at radius 3 is 2.76 bits per heavy atom. The number of ether oxygens (including phenoxy) is 2. The Bertz CT molecular complexity index is 1230. The van der Waals surface area contributed by atoms with E-state index in [9.17, 15) is 18.0 Å². The first kappa shape index (κ1) is 21.4. The molecule has 8 nitrogen and oxygen atoms in total. The van der Waals surface area contributed by atoms with E-state index in [2.05, 4.69) is 10.1 Å². The standard InChI is InChI=1S/C22H20F3N5O3/c1-13-5-17(14-6-16(32-2)9-26-7-14)28-19-18(13)20(31)30(21(19)3-4-33-12-21)15-8-27-29(10-15)11-22(23,24)25/h5-10H,3-4,11-12H2,1-2H3/t21-/m1/s1. The number of aryl methyl sites for hydroxylation is 1. The number of aromatic nitrogens is 4. The van der Waals surface area contributed by atoms with Crippen molar-refractivity contribution in [3.05, 3.63) is 53.7 Å². The van der Waals surface area contributed by atoms with Gasteiger partial charge in [-0.1, -0.05) is 0 Å². The molecule has 3 aromatic heterocycles. The van der Waals surface area contributed by atoms with Crippen molar-refractivity contribution in [3.8, 4) is 17.0 Å². The molecular weight excluding hydrogens is 439 g/mol. The van der Waals surface area contributed by atoms with Gasteiger partial charge in [-0.2, -0.15) is 18.3 Å². The zero-order chi connectivity index (χ0) is 23.4. The Balaban J connectivity index is 1.62. The van der Waals surface area contributed by atoms with E-state index in [1.807, 2.05) is 6.92 Å². The molecule has 2 aliphatic heterocycles. The van der Waals surface area contributed by atoms with Crippen LogP contribution < -0.4 is 9.64 Å². The lowest BCUT2D eigenvalue weighted by molar-refractivity contribution is -0.142. The third-order valence-electron chi connectivity index (χ3n) is 5.97. The molecule has 0 unspecified atom stereocenters. The number of carbonyl (C=O) groups is 1. The Kier molecular flexibility index (Phi) is 4.89. The van der Waals surface area contributed by atoms with E-state index in [1.54, 1.807) is 31.6 Å². The third-order valence-corrected chi connectivity index (χ3v) is 5.97. The maximum absolute atomic E-state index is 13.6. The van der Waals surface area contributed by atoms with Gasteiger partial charge in [-0.05, 0) is 24.6 Å². The molecule has 3 aromatic rings. The normalized spacial score (nSPS) is 20.0. The topological polar surface area (TPSA) is 82.4 Å². The molecule has 5 heterocycles. The molecule has 33 heavy (non-hydrogen) atoms. The molecule has 1 atom stereocenters. The first-order chi connectivity index (χ1) is 15.7. The molecule has 172 valence electrons. The second-order valence-corrected chi connectivity index (χ2v) is 8.15. The number of amides is 1. The molecule has 1 spiro atoms. The lowest BCUT2D eigenvalue weighted by atomic mass is 9.91. The largest absolute Gasteiger partial charge is 0.495 e. The van der Waals surface area contributed by atoms with Crippen molar-refractivity contribution in [2.45, 2.75) is 31.6 Å². The zero-order valence-electron chi connectivity index (χ0n) is 17.9. The summed E-state index contributed by atoms with van der Waals surface area (Å²) in [6.07, 6.45) is 1.79. The highest BCUT2D eigenvalue weighted by atomic mass is 19.4. The van der Waals surface area contributed by atoms with Crippen molar-refractivity contribution < 1.29 is 27.4 Å². The van der Waals surface area contributed by atoms with Gasteiger partial charge in [0.1, 0.15) is 17.8 Å². The van der Waals surface area contributed by atoms with Crippen LogP contribution in [0.2, 0.25) is 0 Å². The molecule has 0 radical (unpaired) electrons. The SMILES string of the molecule is COc1cncc(-c2cc(C)c3c(n2)[C@]2(CCOC2)N(c2cnn(CC(F)(F)F)c2)C3=O)c1. The van der Waals surface area contributed by atoms with Crippen molar-refractivity contribution in [3.63, 3.8) is 0 Å².